The van der Waals surface area contributed by atoms with Crippen LogP contribution in [-0.4, -0.2) is 21.1 Å². The zero-order valence-electron chi connectivity index (χ0n) is 17.8. The predicted molar refractivity (Wildman–Crippen MR) is 118 cm³/mol. The van der Waals surface area contributed by atoms with Gasteiger partial charge in [-0.25, -0.2) is 9.78 Å². The largest absolute Gasteiger partial charge is 0.418 e. The summed E-state index contributed by atoms with van der Waals surface area (Å²) in [6, 6.07) is 7.26. The first-order valence-corrected chi connectivity index (χ1v) is 10.1. The summed E-state index contributed by atoms with van der Waals surface area (Å²) in [6.45, 7) is 6.79. The molecule has 0 aliphatic rings. The number of benzene rings is 2. The van der Waals surface area contributed by atoms with Gasteiger partial charge in [0.05, 0.1) is 34.5 Å². The van der Waals surface area contributed by atoms with Crippen molar-refractivity contribution in [2.24, 2.45) is 0 Å². The minimum Gasteiger partial charge on any atom is -0.333 e. The lowest BCUT2D eigenvalue weighted by molar-refractivity contribution is -0.136. The van der Waals surface area contributed by atoms with Crippen molar-refractivity contribution in [2.45, 2.75) is 45.5 Å². The quantitative estimate of drug-likeness (QED) is 0.527. The second-order valence-corrected chi connectivity index (χ2v) is 8.85. The van der Waals surface area contributed by atoms with E-state index in [1.54, 1.807) is 52.0 Å². The molecule has 2 amide bonds. The van der Waals surface area contributed by atoms with Crippen molar-refractivity contribution in [1.29, 1.82) is 0 Å². The lowest BCUT2D eigenvalue weighted by atomic mass is 10.1. The number of nitrogens with zero attached hydrogens (tertiary/aromatic N) is 2. The van der Waals surface area contributed by atoms with Crippen LogP contribution in [0.15, 0.2) is 47.4 Å². The van der Waals surface area contributed by atoms with Crippen molar-refractivity contribution >= 4 is 34.4 Å². The zero-order chi connectivity index (χ0) is 23.8. The first kappa shape index (κ1) is 23.6. The minimum atomic E-state index is -4.78. The van der Waals surface area contributed by atoms with Gasteiger partial charge in [-0.15, -0.1) is 0 Å². The molecule has 1 heterocycles. The van der Waals surface area contributed by atoms with Crippen LogP contribution >= 0.6 is 11.6 Å². The van der Waals surface area contributed by atoms with E-state index in [0.717, 1.165) is 18.3 Å². The van der Waals surface area contributed by atoms with E-state index in [4.69, 9.17) is 11.6 Å². The fourth-order valence-corrected chi connectivity index (χ4v) is 3.52. The molecule has 0 saturated carbocycles. The molecule has 0 spiro atoms. The summed E-state index contributed by atoms with van der Waals surface area (Å²) in [6.07, 6.45) is -3.75. The first-order valence-electron chi connectivity index (χ1n) is 9.73. The molecule has 3 rings (SSSR count). The maximum absolute atomic E-state index is 13.9. The summed E-state index contributed by atoms with van der Waals surface area (Å²) >= 11 is 6.04. The third kappa shape index (κ3) is 5.21. The molecular formula is C22H22ClF3N4O2. The molecule has 1 aromatic heterocycles. The number of amides is 2. The number of anilines is 1. The Bertz CT molecular complexity index is 1230. The maximum Gasteiger partial charge on any atom is 0.418 e. The Labute approximate surface area is 187 Å². The van der Waals surface area contributed by atoms with Gasteiger partial charge >= 0.3 is 12.2 Å². The molecule has 32 heavy (non-hydrogen) atoms. The number of alkyl halides is 3. The van der Waals surface area contributed by atoms with E-state index in [1.807, 2.05) is 0 Å². The van der Waals surface area contributed by atoms with E-state index in [1.165, 1.54) is 4.57 Å². The molecule has 0 aliphatic heterocycles. The molecule has 2 N–H and O–H groups in total. The molecule has 10 heteroatoms. The van der Waals surface area contributed by atoms with E-state index >= 15 is 0 Å². The van der Waals surface area contributed by atoms with Crippen LogP contribution in [-0.2, 0) is 6.18 Å². The van der Waals surface area contributed by atoms with Gasteiger partial charge in [0, 0.05) is 10.6 Å². The fraction of sp³-hybridized carbons (Fsp3) is 0.318. The Kier molecular flexibility index (Phi) is 6.24. The van der Waals surface area contributed by atoms with Gasteiger partial charge in [-0.1, -0.05) is 23.7 Å². The highest BCUT2D eigenvalue weighted by atomic mass is 35.5. The predicted octanol–water partition coefficient (Wildman–Crippen LogP) is 5.60. The van der Waals surface area contributed by atoms with Gasteiger partial charge in [0.15, 0.2) is 0 Å². The fourth-order valence-electron chi connectivity index (χ4n) is 3.33. The van der Waals surface area contributed by atoms with E-state index in [2.05, 4.69) is 15.6 Å². The van der Waals surface area contributed by atoms with Gasteiger partial charge < -0.3 is 10.6 Å². The number of rotatable bonds is 3. The summed E-state index contributed by atoms with van der Waals surface area (Å²) in [4.78, 5) is 28.8. The molecular weight excluding hydrogens is 445 g/mol. The van der Waals surface area contributed by atoms with Crippen LogP contribution in [0.3, 0.4) is 0 Å². The van der Waals surface area contributed by atoms with Crippen LogP contribution in [0, 0.1) is 0 Å². The van der Waals surface area contributed by atoms with E-state index in [9.17, 15) is 22.8 Å². The van der Waals surface area contributed by atoms with Crippen LogP contribution in [0.4, 0.5) is 23.7 Å². The highest BCUT2D eigenvalue weighted by Crippen LogP contribution is 2.37. The molecule has 6 nitrogen and oxygen atoms in total. The first-order chi connectivity index (χ1) is 14.8. The normalized spacial score (nSPS) is 13.1. The molecule has 170 valence electrons. The number of hydrogen-bond acceptors (Lipinski definition) is 3. The summed E-state index contributed by atoms with van der Waals surface area (Å²) in [5, 5.41) is 5.25. The van der Waals surface area contributed by atoms with Crippen LogP contribution in [0.2, 0.25) is 5.02 Å². The topological polar surface area (TPSA) is 76.0 Å². The van der Waals surface area contributed by atoms with E-state index in [-0.39, 0.29) is 11.0 Å². The van der Waals surface area contributed by atoms with Crippen molar-refractivity contribution in [3.8, 4) is 0 Å². The Morgan fingerprint density at radius 2 is 1.84 bits per heavy atom. The maximum atomic E-state index is 13.9. The average molecular weight is 467 g/mol. The van der Waals surface area contributed by atoms with Gasteiger partial charge in [0.1, 0.15) is 0 Å². The van der Waals surface area contributed by atoms with Crippen LogP contribution in [0.1, 0.15) is 44.9 Å². The number of halogens is 4. The van der Waals surface area contributed by atoms with Gasteiger partial charge in [0.2, 0.25) is 0 Å². The summed E-state index contributed by atoms with van der Waals surface area (Å²) in [5.74, 6) is 0. The van der Waals surface area contributed by atoms with E-state index < -0.39 is 40.6 Å². The summed E-state index contributed by atoms with van der Waals surface area (Å²) in [5.41, 5.74) is -2.01. The van der Waals surface area contributed by atoms with Crippen LogP contribution in [0.25, 0.3) is 11.0 Å². The van der Waals surface area contributed by atoms with Crippen molar-refractivity contribution in [3.63, 3.8) is 0 Å². The Morgan fingerprint density at radius 3 is 2.44 bits per heavy atom. The minimum absolute atomic E-state index is 0.0147. The second-order valence-electron chi connectivity index (χ2n) is 8.41. The van der Waals surface area contributed by atoms with Crippen molar-refractivity contribution in [1.82, 2.24) is 14.9 Å². The molecule has 0 fully saturated rings. The Morgan fingerprint density at radius 1 is 1.16 bits per heavy atom. The Hall–Kier alpha value is -3.07. The van der Waals surface area contributed by atoms with E-state index in [0.29, 0.717) is 10.6 Å². The summed E-state index contributed by atoms with van der Waals surface area (Å²) < 4.78 is 42.9. The number of urea groups is 1. The number of carbonyl (C=O) groups is 1. The SMILES string of the molecule is C[C@@H](c1cccc(Cl)c1)n1c(=O)cnc2cc(NC(=O)NC(C)(C)C)c(C(F)(F)F)cc21. The molecule has 3 aromatic rings. The van der Waals surface area contributed by atoms with Crippen molar-refractivity contribution in [3.05, 3.63) is 69.1 Å². The molecule has 1 atom stereocenters. The molecule has 0 bridgehead atoms. The third-order valence-corrected chi connectivity index (χ3v) is 4.92. The second kappa shape index (κ2) is 8.46. The molecule has 0 aliphatic carbocycles. The monoisotopic (exact) mass is 466 g/mol. The molecule has 2 aromatic carbocycles. The Balaban J connectivity index is 2.19. The van der Waals surface area contributed by atoms with Crippen LogP contribution < -0.4 is 16.2 Å². The van der Waals surface area contributed by atoms with Crippen molar-refractivity contribution in [2.75, 3.05) is 5.32 Å². The zero-order valence-corrected chi connectivity index (χ0v) is 18.6. The van der Waals surface area contributed by atoms with Gasteiger partial charge in [-0.2, -0.15) is 13.2 Å². The number of aromatic nitrogens is 2. The highest BCUT2D eigenvalue weighted by Gasteiger charge is 2.35. The molecule has 0 radical (unpaired) electrons. The van der Waals surface area contributed by atoms with Gasteiger partial charge in [-0.3, -0.25) is 9.36 Å². The standard InChI is InChI=1S/C22H22ClF3N4O2/c1-12(13-6-5-7-14(23)8-13)30-18-9-15(22(24,25)26)16(10-17(18)27-11-19(30)31)28-20(32)29-21(2,3)4/h5-12H,1-4H3,(H2,28,29,32)/t12-/m0/s1. The number of hydrogen-bond donors (Lipinski definition) is 2. The number of fused-ring (bicyclic) bond motifs is 1. The lowest BCUT2D eigenvalue weighted by Crippen LogP contribution is -2.43. The van der Waals surface area contributed by atoms with Gasteiger partial charge in [0.25, 0.3) is 5.56 Å². The van der Waals surface area contributed by atoms with Crippen molar-refractivity contribution < 1.29 is 18.0 Å². The molecule has 0 saturated heterocycles. The number of nitrogens with one attached hydrogen (secondary N) is 2. The molecule has 0 unspecified atom stereocenters. The number of carbonyl (C=O) groups excluding carboxylic acids is 1. The third-order valence-electron chi connectivity index (χ3n) is 4.69. The lowest BCUT2D eigenvalue weighted by Gasteiger charge is -2.23. The average Bonchev–Trinajstić information content (AvgIpc) is 2.64. The summed E-state index contributed by atoms with van der Waals surface area (Å²) in [7, 11) is 0. The smallest absolute Gasteiger partial charge is 0.333 e. The highest BCUT2D eigenvalue weighted by molar-refractivity contribution is 6.30. The van der Waals surface area contributed by atoms with Crippen LogP contribution in [0.5, 0.6) is 0 Å². The van der Waals surface area contributed by atoms with Gasteiger partial charge in [-0.05, 0) is 57.5 Å².